The fraction of sp³-hybridized carbons (Fsp3) is 0.250. The van der Waals surface area contributed by atoms with Gasteiger partial charge in [0.15, 0.2) is 0 Å². The zero-order chi connectivity index (χ0) is 16.3. The topological polar surface area (TPSA) is 42.4 Å². The fourth-order valence-electron chi connectivity index (χ4n) is 2.13. The summed E-state index contributed by atoms with van der Waals surface area (Å²) >= 11 is 0. The Bertz CT molecular complexity index is 692. The van der Waals surface area contributed by atoms with E-state index in [9.17, 15) is 13.6 Å². The quantitative estimate of drug-likeness (QED) is 0.871. The maximum absolute atomic E-state index is 13.8. The first kappa shape index (κ1) is 15.9. The van der Waals surface area contributed by atoms with Crippen LogP contribution in [0.3, 0.4) is 0 Å². The van der Waals surface area contributed by atoms with E-state index in [1.165, 1.54) is 25.1 Å². The molecule has 0 aliphatic heterocycles. The summed E-state index contributed by atoms with van der Waals surface area (Å²) in [5.41, 5.74) is 0.370. The van der Waals surface area contributed by atoms with Crippen molar-refractivity contribution in [3.63, 3.8) is 0 Å². The number of carbonyl (C=O) groups is 1. The summed E-state index contributed by atoms with van der Waals surface area (Å²) in [5, 5.41) is 0. The number of amides is 1. The molecule has 0 fully saturated rings. The van der Waals surface area contributed by atoms with Gasteiger partial charge in [0.25, 0.3) is 5.91 Å². The smallest absolute Gasteiger partial charge is 0.259 e. The van der Waals surface area contributed by atoms with Crippen LogP contribution >= 0.6 is 0 Å². The molecule has 1 unspecified atom stereocenters. The summed E-state index contributed by atoms with van der Waals surface area (Å²) < 4.78 is 32.2. The van der Waals surface area contributed by atoms with Gasteiger partial charge in [0.2, 0.25) is 5.88 Å². The van der Waals surface area contributed by atoms with Crippen molar-refractivity contribution in [1.29, 1.82) is 0 Å². The van der Waals surface area contributed by atoms with Gasteiger partial charge in [-0.15, -0.1) is 0 Å². The second kappa shape index (κ2) is 6.51. The summed E-state index contributed by atoms with van der Waals surface area (Å²) in [6.07, 6.45) is 0.968. The Balaban J connectivity index is 2.33. The highest BCUT2D eigenvalue weighted by molar-refractivity contribution is 5.96. The van der Waals surface area contributed by atoms with Crippen molar-refractivity contribution >= 4 is 5.91 Å². The summed E-state index contributed by atoms with van der Waals surface area (Å²) in [4.78, 5) is 17.6. The molecule has 0 bridgehead atoms. The second-order valence-electron chi connectivity index (χ2n) is 4.82. The largest absolute Gasteiger partial charge is 0.480 e. The normalized spacial score (nSPS) is 11.9. The maximum atomic E-state index is 13.8. The maximum Gasteiger partial charge on any atom is 0.259 e. The SMILES string of the molecule is COc1ncc(F)cc1C(=O)N(C)C(C)c1ccccc1F. The summed E-state index contributed by atoms with van der Waals surface area (Å²) in [7, 11) is 2.86. The minimum atomic E-state index is -0.643. The van der Waals surface area contributed by atoms with Gasteiger partial charge >= 0.3 is 0 Å². The number of pyridine rings is 1. The molecule has 0 radical (unpaired) electrons. The number of carbonyl (C=O) groups excluding carboxylic acids is 1. The molecule has 0 saturated heterocycles. The third-order valence-electron chi connectivity index (χ3n) is 3.50. The molecule has 0 N–H and O–H groups in total. The average molecular weight is 306 g/mol. The minimum Gasteiger partial charge on any atom is -0.480 e. The number of halogens is 2. The molecule has 6 heteroatoms. The Labute approximate surface area is 127 Å². The molecule has 116 valence electrons. The summed E-state index contributed by atoms with van der Waals surface area (Å²) in [6.45, 7) is 1.69. The minimum absolute atomic E-state index is 0.00631. The molecule has 0 aliphatic rings. The van der Waals surface area contributed by atoms with E-state index in [2.05, 4.69) is 4.98 Å². The molecular weight excluding hydrogens is 290 g/mol. The lowest BCUT2D eigenvalue weighted by molar-refractivity contribution is 0.0735. The molecule has 1 amide bonds. The molecule has 0 aliphatic carbocycles. The van der Waals surface area contributed by atoms with E-state index in [1.807, 2.05) is 0 Å². The Hall–Kier alpha value is -2.50. The number of ether oxygens (including phenoxy) is 1. The van der Waals surface area contributed by atoms with E-state index in [4.69, 9.17) is 4.74 Å². The van der Waals surface area contributed by atoms with E-state index < -0.39 is 23.6 Å². The Morgan fingerprint density at radius 2 is 2.00 bits per heavy atom. The number of rotatable bonds is 4. The third kappa shape index (κ3) is 3.05. The Morgan fingerprint density at radius 3 is 2.64 bits per heavy atom. The molecular formula is C16H16F2N2O2. The molecule has 0 spiro atoms. The van der Waals surface area contributed by atoms with E-state index in [0.29, 0.717) is 5.56 Å². The standard InChI is InChI=1S/C16H16F2N2O2/c1-10(12-6-4-5-7-14(12)18)20(2)16(21)13-8-11(17)9-19-15(13)22-3/h4-10H,1-3H3. The fourth-order valence-corrected chi connectivity index (χ4v) is 2.13. The van der Waals surface area contributed by atoms with E-state index >= 15 is 0 Å². The number of methoxy groups -OCH3 is 1. The van der Waals surface area contributed by atoms with Gasteiger partial charge in [0.05, 0.1) is 19.3 Å². The summed E-state index contributed by atoms with van der Waals surface area (Å²) in [5.74, 6) is -1.52. The molecule has 4 nitrogen and oxygen atoms in total. The van der Waals surface area contributed by atoms with Gasteiger partial charge in [0, 0.05) is 12.6 Å². The lowest BCUT2D eigenvalue weighted by Gasteiger charge is -2.26. The predicted molar refractivity (Wildman–Crippen MR) is 77.7 cm³/mol. The second-order valence-corrected chi connectivity index (χ2v) is 4.82. The number of nitrogens with zero attached hydrogens (tertiary/aromatic N) is 2. The van der Waals surface area contributed by atoms with Gasteiger partial charge in [-0.05, 0) is 19.1 Å². The van der Waals surface area contributed by atoms with Crippen LogP contribution in [0.5, 0.6) is 5.88 Å². The molecule has 0 saturated carbocycles. The van der Waals surface area contributed by atoms with E-state index in [0.717, 1.165) is 12.3 Å². The number of hydrogen-bond acceptors (Lipinski definition) is 3. The first-order chi connectivity index (χ1) is 10.5. The monoisotopic (exact) mass is 306 g/mol. The van der Waals surface area contributed by atoms with E-state index in [1.54, 1.807) is 25.1 Å². The van der Waals surface area contributed by atoms with Crippen molar-refractivity contribution in [1.82, 2.24) is 9.88 Å². The van der Waals surface area contributed by atoms with Crippen LogP contribution in [0.25, 0.3) is 0 Å². The van der Waals surface area contributed by atoms with Gasteiger partial charge in [-0.3, -0.25) is 4.79 Å². The number of benzene rings is 1. The Morgan fingerprint density at radius 1 is 1.32 bits per heavy atom. The first-order valence-corrected chi connectivity index (χ1v) is 6.66. The van der Waals surface area contributed by atoms with Gasteiger partial charge in [-0.1, -0.05) is 18.2 Å². The van der Waals surface area contributed by atoms with Crippen LogP contribution < -0.4 is 4.74 Å². The van der Waals surface area contributed by atoms with Crippen LogP contribution in [0.2, 0.25) is 0 Å². The molecule has 2 rings (SSSR count). The van der Waals surface area contributed by atoms with Crippen LogP contribution in [0.15, 0.2) is 36.5 Å². The van der Waals surface area contributed by atoms with Crippen molar-refractivity contribution in [3.05, 3.63) is 59.3 Å². The van der Waals surface area contributed by atoms with Crippen LogP contribution in [-0.4, -0.2) is 29.9 Å². The highest BCUT2D eigenvalue weighted by Crippen LogP contribution is 2.25. The molecule has 1 atom stereocenters. The van der Waals surface area contributed by atoms with Crippen molar-refractivity contribution < 1.29 is 18.3 Å². The van der Waals surface area contributed by atoms with Crippen molar-refractivity contribution in [2.45, 2.75) is 13.0 Å². The van der Waals surface area contributed by atoms with Crippen LogP contribution in [0.4, 0.5) is 8.78 Å². The molecule has 1 heterocycles. The van der Waals surface area contributed by atoms with E-state index in [-0.39, 0.29) is 11.4 Å². The van der Waals surface area contributed by atoms with Crippen LogP contribution in [-0.2, 0) is 0 Å². The van der Waals surface area contributed by atoms with Crippen LogP contribution in [0.1, 0.15) is 28.9 Å². The lowest BCUT2D eigenvalue weighted by Crippen LogP contribution is -2.30. The van der Waals surface area contributed by atoms with Crippen molar-refractivity contribution in [2.75, 3.05) is 14.2 Å². The molecule has 1 aromatic heterocycles. The van der Waals surface area contributed by atoms with Crippen molar-refractivity contribution in [2.24, 2.45) is 0 Å². The van der Waals surface area contributed by atoms with Gasteiger partial charge in [-0.2, -0.15) is 0 Å². The number of aromatic nitrogens is 1. The van der Waals surface area contributed by atoms with Gasteiger partial charge < -0.3 is 9.64 Å². The average Bonchev–Trinajstić information content (AvgIpc) is 2.53. The molecule has 2 aromatic rings. The zero-order valence-corrected chi connectivity index (χ0v) is 12.5. The Kier molecular flexibility index (Phi) is 4.70. The third-order valence-corrected chi connectivity index (χ3v) is 3.50. The molecule has 22 heavy (non-hydrogen) atoms. The number of hydrogen-bond donors (Lipinski definition) is 0. The lowest BCUT2D eigenvalue weighted by atomic mass is 10.1. The van der Waals surface area contributed by atoms with Crippen molar-refractivity contribution in [3.8, 4) is 5.88 Å². The highest BCUT2D eigenvalue weighted by atomic mass is 19.1. The molecule has 1 aromatic carbocycles. The highest BCUT2D eigenvalue weighted by Gasteiger charge is 2.24. The predicted octanol–water partition coefficient (Wildman–Crippen LogP) is 3.20. The van der Waals surface area contributed by atoms with Gasteiger partial charge in [0.1, 0.15) is 17.2 Å². The summed E-state index contributed by atoms with van der Waals surface area (Å²) in [6, 6.07) is 6.73. The van der Waals surface area contributed by atoms with Crippen LogP contribution in [0, 0.1) is 11.6 Å². The van der Waals surface area contributed by atoms with Gasteiger partial charge in [-0.25, -0.2) is 13.8 Å². The zero-order valence-electron chi connectivity index (χ0n) is 12.5. The first-order valence-electron chi connectivity index (χ1n) is 6.66.